The second-order valence-electron chi connectivity index (χ2n) is 4.43. The lowest BCUT2D eigenvalue weighted by Gasteiger charge is -2.05. The molecule has 0 saturated carbocycles. The van der Waals surface area contributed by atoms with Gasteiger partial charge in [-0.15, -0.1) is 10.2 Å². The first kappa shape index (κ1) is 12.7. The monoisotopic (exact) mass is 246 g/mol. The number of pyridine rings is 1. The third-order valence-corrected chi connectivity index (χ3v) is 2.47. The van der Waals surface area contributed by atoms with Crippen LogP contribution in [0.2, 0.25) is 0 Å². The van der Waals surface area contributed by atoms with E-state index in [4.69, 9.17) is 4.42 Å². The first-order valence-electron chi connectivity index (χ1n) is 6.23. The van der Waals surface area contributed by atoms with Crippen LogP contribution in [-0.4, -0.2) is 27.8 Å². The van der Waals surface area contributed by atoms with E-state index in [-0.39, 0.29) is 0 Å². The molecule has 0 fully saturated rings. The van der Waals surface area contributed by atoms with Gasteiger partial charge >= 0.3 is 0 Å². The van der Waals surface area contributed by atoms with Gasteiger partial charge in [-0.1, -0.05) is 19.9 Å². The number of aromatic nitrogens is 3. The third-order valence-electron chi connectivity index (χ3n) is 2.47. The van der Waals surface area contributed by atoms with E-state index >= 15 is 0 Å². The second kappa shape index (κ2) is 6.26. The van der Waals surface area contributed by atoms with Gasteiger partial charge in [-0.05, 0) is 25.1 Å². The fraction of sp³-hybridized carbons (Fsp3) is 0.462. The van der Waals surface area contributed by atoms with Crippen LogP contribution in [0.1, 0.15) is 26.2 Å². The molecule has 0 aromatic carbocycles. The van der Waals surface area contributed by atoms with Crippen LogP contribution in [0.15, 0.2) is 28.8 Å². The molecule has 0 saturated heterocycles. The standard InChI is InChI=1S/C13H18N4O/c1-10(2)14-9-5-7-12-16-17-13(18-12)11-6-3-4-8-15-11/h3-4,6,8,10,14H,5,7,9H2,1-2H3. The minimum atomic E-state index is 0.488. The van der Waals surface area contributed by atoms with Crippen LogP contribution >= 0.6 is 0 Å². The fourth-order valence-corrected chi connectivity index (χ4v) is 1.58. The van der Waals surface area contributed by atoms with Crippen molar-refractivity contribution in [3.05, 3.63) is 30.3 Å². The Morgan fingerprint density at radius 2 is 2.17 bits per heavy atom. The van der Waals surface area contributed by atoms with Crippen molar-refractivity contribution >= 4 is 0 Å². The van der Waals surface area contributed by atoms with E-state index in [0.717, 1.165) is 25.1 Å². The second-order valence-corrected chi connectivity index (χ2v) is 4.43. The van der Waals surface area contributed by atoms with Crippen molar-refractivity contribution in [2.24, 2.45) is 0 Å². The normalized spacial score (nSPS) is 11.1. The molecule has 1 N–H and O–H groups in total. The molecule has 96 valence electrons. The molecule has 0 amide bonds. The van der Waals surface area contributed by atoms with E-state index in [2.05, 4.69) is 34.3 Å². The maximum Gasteiger partial charge on any atom is 0.266 e. The summed E-state index contributed by atoms with van der Waals surface area (Å²) >= 11 is 0. The molecule has 0 aliphatic rings. The zero-order chi connectivity index (χ0) is 12.8. The molecule has 5 heteroatoms. The number of hydrogen-bond donors (Lipinski definition) is 1. The topological polar surface area (TPSA) is 63.8 Å². The van der Waals surface area contributed by atoms with Gasteiger partial charge in [-0.25, -0.2) is 0 Å². The maximum absolute atomic E-state index is 5.56. The van der Waals surface area contributed by atoms with E-state index in [1.165, 1.54) is 0 Å². The molecule has 0 unspecified atom stereocenters. The highest BCUT2D eigenvalue weighted by Gasteiger charge is 2.08. The van der Waals surface area contributed by atoms with Crippen LogP contribution in [0, 0.1) is 0 Å². The van der Waals surface area contributed by atoms with Crippen LogP contribution in [0.3, 0.4) is 0 Å². The van der Waals surface area contributed by atoms with E-state index in [1.54, 1.807) is 6.20 Å². The highest BCUT2D eigenvalue weighted by atomic mass is 16.4. The van der Waals surface area contributed by atoms with Gasteiger partial charge in [0.25, 0.3) is 5.89 Å². The molecule has 0 radical (unpaired) electrons. The summed E-state index contributed by atoms with van der Waals surface area (Å²) in [5, 5.41) is 11.4. The highest BCUT2D eigenvalue weighted by molar-refractivity contribution is 5.44. The van der Waals surface area contributed by atoms with Crippen LogP contribution in [-0.2, 0) is 6.42 Å². The Hall–Kier alpha value is -1.75. The minimum absolute atomic E-state index is 0.488. The molecule has 2 aromatic heterocycles. The first-order chi connectivity index (χ1) is 8.75. The Balaban J connectivity index is 1.87. The largest absolute Gasteiger partial charge is 0.419 e. The molecule has 2 aromatic rings. The van der Waals surface area contributed by atoms with Gasteiger partial charge in [-0.3, -0.25) is 4.98 Å². The average Bonchev–Trinajstić information content (AvgIpc) is 2.84. The number of hydrogen-bond acceptors (Lipinski definition) is 5. The summed E-state index contributed by atoms with van der Waals surface area (Å²) in [6.07, 6.45) is 3.49. The van der Waals surface area contributed by atoms with Crippen LogP contribution in [0.4, 0.5) is 0 Å². The predicted octanol–water partition coefficient (Wildman–Crippen LogP) is 2.06. The quantitative estimate of drug-likeness (QED) is 0.790. The maximum atomic E-state index is 5.56. The van der Waals surface area contributed by atoms with Gasteiger partial charge in [0.1, 0.15) is 5.69 Å². The molecule has 0 spiro atoms. The average molecular weight is 246 g/mol. The smallest absolute Gasteiger partial charge is 0.266 e. The number of nitrogens with zero attached hydrogens (tertiary/aromatic N) is 3. The third kappa shape index (κ3) is 3.63. The number of nitrogens with one attached hydrogen (secondary N) is 1. The van der Waals surface area contributed by atoms with Gasteiger partial charge < -0.3 is 9.73 Å². The van der Waals surface area contributed by atoms with Crippen molar-refractivity contribution in [1.29, 1.82) is 0 Å². The van der Waals surface area contributed by atoms with Crippen molar-refractivity contribution in [3.63, 3.8) is 0 Å². The van der Waals surface area contributed by atoms with Gasteiger partial charge in [0.2, 0.25) is 5.89 Å². The molecule has 0 aliphatic heterocycles. The van der Waals surface area contributed by atoms with Crippen molar-refractivity contribution in [3.8, 4) is 11.6 Å². The molecule has 5 nitrogen and oxygen atoms in total. The Labute approximate surface area is 107 Å². The summed E-state index contributed by atoms with van der Waals surface area (Å²) in [5.41, 5.74) is 0.719. The van der Waals surface area contributed by atoms with E-state index in [1.807, 2.05) is 18.2 Å². The van der Waals surface area contributed by atoms with Crippen molar-refractivity contribution < 1.29 is 4.42 Å². The first-order valence-corrected chi connectivity index (χ1v) is 6.23. The number of rotatable bonds is 6. The molecule has 0 bridgehead atoms. The summed E-state index contributed by atoms with van der Waals surface area (Å²) in [5.74, 6) is 1.16. The molecule has 2 rings (SSSR count). The Bertz CT molecular complexity index is 467. The fourth-order valence-electron chi connectivity index (χ4n) is 1.58. The summed E-state index contributed by atoms with van der Waals surface area (Å²) in [6, 6.07) is 6.13. The van der Waals surface area contributed by atoms with Crippen LogP contribution in [0.5, 0.6) is 0 Å². The molecule has 0 aliphatic carbocycles. The lowest BCUT2D eigenvalue weighted by atomic mass is 10.3. The van der Waals surface area contributed by atoms with Gasteiger partial charge in [0.15, 0.2) is 0 Å². The van der Waals surface area contributed by atoms with E-state index in [9.17, 15) is 0 Å². The Kier molecular flexibility index (Phi) is 4.41. The predicted molar refractivity (Wildman–Crippen MR) is 69.0 cm³/mol. The van der Waals surface area contributed by atoms with Gasteiger partial charge in [-0.2, -0.15) is 0 Å². The van der Waals surface area contributed by atoms with E-state index in [0.29, 0.717) is 17.8 Å². The zero-order valence-corrected chi connectivity index (χ0v) is 10.8. The SMILES string of the molecule is CC(C)NCCCc1nnc(-c2ccccn2)o1. The molecule has 18 heavy (non-hydrogen) atoms. The molecular weight excluding hydrogens is 228 g/mol. The van der Waals surface area contributed by atoms with Crippen molar-refractivity contribution in [1.82, 2.24) is 20.5 Å². The summed E-state index contributed by atoms with van der Waals surface area (Å²) < 4.78 is 5.56. The van der Waals surface area contributed by atoms with Crippen LogP contribution in [0.25, 0.3) is 11.6 Å². The summed E-state index contributed by atoms with van der Waals surface area (Å²) in [7, 11) is 0. The Morgan fingerprint density at radius 3 is 2.89 bits per heavy atom. The number of aryl methyl sites for hydroxylation is 1. The molecule has 0 atom stereocenters. The van der Waals surface area contributed by atoms with E-state index < -0.39 is 0 Å². The molecule has 2 heterocycles. The Morgan fingerprint density at radius 1 is 1.28 bits per heavy atom. The van der Waals surface area contributed by atoms with Crippen LogP contribution < -0.4 is 5.32 Å². The highest BCUT2D eigenvalue weighted by Crippen LogP contribution is 2.14. The van der Waals surface area contributed by atoms with Crippen molar-refractivity contribution in [2.45, 2.75) is 32.7 Å². The lowest BCUT2D eigenvalue weighted by Crippen LogP contribution is -2.23. The summed E-state index contributed by atoms with van der Waals surface area (Å²) in [4.78, 5) is 4.17. The molecular formula is C13H18N4O. The minimum Gasteiger partial charge on any atom is -0.419 e. The van der Waals surface area contributed by atoms with Gasteiger partial charge in [0.05, 0.1) is 0 Å². The summed E-state index contributed by atoms with van der Waals surface area (Å²) in [6.45, 7) is 5.22. The zero-order valence-electron chi connectivity index (χ0n) is 10.8. The van der Waals surface area contributed by atoms with Crippen molar-refractivity contribution in [2.75, 3.05) is 6.54 Å². The lowest BCUT2D eigenvalue weighted by molar-refractivity contribution is 0.483. The van der Waals surface area contributed by atoms with Gasteiger partial charge in [0, 0.05) is 18.7 Å².